The first-order chi connectivity index (χ1) is 18.8. The molecule has 2 aromatic heterocycles. The van der Waals surface area contributed by atoms with E-state index >= 15 is 0 Å². The van der Waals surface area contributed by atoms with Crippen molar-refractivity contribution >= 4 is 32.7 Å². The fourth-order valence-corrected chi connectivity index (χ4v) is 6.12. The average Bonchev–Trinajstić information content (AvgIpc) is 3.55. The number of para-hydroxylation sites is 1. The first-order valence-corrected chi connectivity index (χ1v) is 14.4. The van der Waals surface area contributed by atoms with Crippen molar-refractivity contribution in [1.29, 1.82) is 0 Å². The summed E-state index contributed by atoms with van der Waals surface area (Å²) >= 11 is 0. The number of nitrogens with one attached hydrogen (secondary N) is 1. The molecule has 1 fully saturated rings. The maximum atomic E-state index is 13.1. The fourth-order valence-electron chi connectivity index (χ4n) is 4.98. The molecule has 3 heterocycles. The topological polar surface area (TPSA) is 119 Å². The largest absolute Gasteiger partial charge is 0.378 e. The van der Waals surface area contributed by atoms with Crippen LogP contribution in [0.15, 0.2) is 72.8 Å². The minimum atomic E-state index is -3.72. The van der Waals surface area contributed by atoms with Crippen LogP contribution in [-0.4, -0.2) is 58.9 Å². The Balaban J connectivity index is 1.55. The van der Waals surface area contributed by atoms with Gasteiger partial charge in [-0.3, -0.25) is 0 Å². The SMILES string of the molecule is CC(C)S(=O)(=O)n1c(N)nc2ccc(-c3nc(-c4ccccc4N4CCOCC4)[nH]c3-c3ccccc3)cc21. The molecule has 0 spiro atoms. The predicted octanol–water partition coefficient (Wildman–Crippen LogP) is 4.77. The normalized spacial score (nSPS) is 14.4. The second-order valence-electron chi connectivity index (χ2n) is 9.82. The van der Waals surface area contributed by atoms with E-state index in [4.69, 9.17) is 15.5 Å². The lowest BCUT2D eigenvalue weighted by Gasteiger charge is -2.30. The number of imidazole rings is 2. The number of hydrogen-bond donors (Lipinski definition) is 2. The van der Waals surface area contributed by atoms with Gasteiger partial charge in [0.1, 0.15) is 5.82 Å². The van der Waals surface area contributed by atoms with E-state index in [9.17, 15) is 8.42 Å². The van der Waals surface area contributed by atoms with Gasteiger partial charge in [0, 0.05) is 35.5 Å². The highest BCUT2D eigenvalue weighted by Gasteiger charge is 2.26. The van der Waals surface area contributed by atoms with Crippen LogP contribution in [0.1, 0.15) is 13.8 Å². The number of fused-ring (bicyclic) bond motifs is 1. The maximum Gasteiger partial charge on any atom is 0.244 e. The van der Waals surface area contributed by atoms with Crippen molar-refractivity contribution in [2.24, 2.45) is 0 Å². The molecular formula is C29H30N6O3S. The predicted molar refractivity (Wildman–Crippen MR) is 155 cm³/mol. The van der Waals surface area contributed by atoms with Gasteiger partial charge in [0.15, 0.2) is 0 Å². The summed E-state index contributed by atoms with van der Waals surface area (Å²) < 4.78 is 33.0. The van der Waals surface area contributed by atoms with Crippen molar-refractivity contribution in [2.45, 2.75) is 19.1 Å². The van der Waals surface area contributed by atoms with E-state index in [-0.39, 0.29) is 5.95 Å². The van der Waals surface area contributed by atoms with Crippen LogP contribution in [-0.2, 0) is 14.8 Å². The van der Waals surface area contributed by atoms with Crippen molar-refractivity contribution < 1.29 is 13.2 Å². The van der Waals surface area contributed by atoms with E-state index in [2.05, 4.69) is 27.0 Å². The highest BCUT2D eigenvalue weighted by molar-refractivity contribution is 7.90. The number of anilines is 2. The number of morpholine rings is 1. The Hall–Kier alpha value is -4.15. The van der Waals surface area contributed by atoms with Crippen LogP contribution in [0.3, 0.4) is 0 Å². The Morgan fingerprint density at radius 1 is 0.923 bits per heavy atom. The number of ether oxygens (including phenoxy) is 1. The molecule has 10 heteroatoms. The van der Waals surface area contributed by atoms with E-state index in [1.165, 1.54) is 0 Å². The lowest BCUT2D eigenvalue weighted by molar-refractivity contribution is 0.123. The van der Waals surface area contributed by atoms with Gasteiger partial charge in [0.2, 0.25) is 16.0 Å². The van der Waals surface area contributed by atoms with Gasteiger partial charge in [-0.2, -0.15) is 0 Å². The van der Waals surface area contributed by atoms with E-state index in [0.29, 0.717) is 29.9 Å². The summed E-state index contributed by atoms with van der Waals surface area (Å²) in [5, 5.41) is -0.658. The number of nitrogens with zero attached hydrogens (tertiary/aromatic N) is 4. The molecule has 0 unspecified atom stereocenters. The van der Waals surface area contributed by atoms with Gasteiger partial charge in [0.05, 0.1) is 40.9 Å². The lowest BCUT2D eigenvalue weighted by Crippen LogP contribution is -2.36. The van der Waals surface area contributed by atoms with Gasteiger partial charge in [0.25, 0.3) is 0 Å². The number of nitrogens with two attached hydrogens (primary N) is 1. The Bertz CT molecular complexity index is 1750. The first kappa shape index (κ1) is 25.1. The summed E-state index contributed by atoms with van der Waals surface area (Å²) in [7, 11) is -3.72. The Morgan fingerprint density at radius 3 is 2.38 bits per heavy atom. The minimum Gasteiger partial charge on any atom is -0.378 e. The van der Waals surface area contributed by atoms with Crippen LogP contribution < -0.4 is 10.6 Å². The fraction of sp³-hybridized carbons (Fsp3) is 0.241. The van der Waals surface area contributed by atoms with E-state index in [0.717, 1.165) is 51.0 Å². The highest BCUT2D eigenvalue weighted by atomic mass is 32.2. The number of benzene rings is 3. The second-order valence-corrected chi connectivity index (χ2v) is 12.2. The van der Waals surface area contributed by atoms with Gasteiger partial charge in [-0.1, -0.05) is 48.5 Å². The molecule has 6 rings (SSSR count). The molecule has 0 bridgehead atoms. The van der Waals surface area contributed by atoms with Gasteiger partial charge in [-0.25, -0.2) is 22.4 Å². The standard InChI is InChI=1S/C29H30N6O3S/c1-19(2)39(36,37)35-25-18-21(12-13-23(25)31-29(35)30)27-26(20-8-4-3-5-9-20)32-28(33-27)22-10-6-7-11-24(22)34-14-16-38-17-15-34/h3-13,18-19H,14-17H2,1-2H3,(H2,30,31)(H,32,33). The quantitative estimate of drug-likeness (QED) is 0.317. The zero-order valence-electron chi connectivity index (χ0n) is 21.8. The van der Waals surface area contributed by atoms with Crippen molar-refractivity contribution in [2.75, 3.05) is 36.9 Å². The molecule has 3 aromatic carbocycles. The number of hydrogen-bond acceptors (Lipinski definition) is 7. The van der Waals surface area contributed by atoms with Crippen molar-refractivity contribution in [3.63, 3.8) is 0 Å². The summed E-state index contributed by atoms with van der Waals surface area (Å²) in [6.45, 7) is 6.24. The summed E-state index contributed by atoms with van der Waals surface area (Å²) in [5.74, 6) is 0.676. The summed E-state index contributed by atoms with van der Waals surface area (Å²) in [4.78, 5) is 15.3. The zero-order chi connectivity index (χ0) is 27.1. The van der Waals surface area contributed by atoms with Gasteiger partial charge in [-0.15, -0.1) is 0 Å². The molecule has 0 amide bonds. The molecule has 5 aromatic rings. The molecule has 1 saturated heterocycles. The van der Waals surface area contributed by atoms with Crippen molar-refractivity contribution in [3.8, 4) is 33.9 Å². The van der Waals surface area contributed by atoms with Gasteiger partial charge >= 0.3 is 0 Å². The first-order valence-electron chi connectivity index (χ1n) is 12.9. The molecule has 0 saturated carbocycles. The summed E-state index contributed by atoms with van der Waals surface area (Å²) in [6, 6.07) is 23.7. The smallest absolute Gasteiger partial charge is 0.244 e. The Morgan fingerprint density at radius 2 is 1.64 bits per heavy atom. The van der Waals surface area contributed by atoms with Crippen LogP contribution in [0, 0.1) is 0 Å². The second kappa shape index (κ2) is 9.87. The zero-order valence-corrected chi connectivity index (χ0v) is 22.6. The number of rotatable bonds is 6. The van der Waals surface area contributed by atoms with Gasteiger partial charge < -0.3 is 20.4 Å². The third-order valence-corrected chi connectivity index (χ3v) is 9.12. The van der Waals surface area contributed by atoms with E-state index in [1.807, 2.05) is 48.5 Å². The van der Waals surface area contributed by atoms with E-state index < -0.39 is 15.3 Å². The summed E-state index contributed by atoms with van der Waals surface area (Å²) in [5.41, 5.74) is 12.4. The van der Waals surface area contributed by atoms with Crippen LogP contribution in [0.4, 0.5) is 11.6 Å². The number of H-pyrrole nitrogens is 1. The minimum absolute atomic E-state index is 0.0544. The molecule has 39 heavy (non-hydrogen) atoms. The molecule has 3 N–H and O–H groups in total. The molecule has 200 valence electrons. The van der Waals surface area contributed by atoms with Crippen LogP contribution in [0.25, 0.3) is 44.9 Å². The molecule has 0 aliphatic carbocycles. The van der Waals surface area contributed by atoms with E-state index in [1.54, 1.807) is 26.0 Å². The Labute approximate surface area is 227 Å². The van der Waals surface area contributed by atoms with Gasteiger partial charge in [-0.05, 0) is 38.1 Å². The van der Waals surface area contributed by atoms with Crippen LogP contribution in [0.5, 0.6) is 0 Å². The molecule has 9 nitrogen and oxygen atoms in total. The molecule has 0 atom stereocenters. The summed E-state index contributed by atoms with van der Waals surface area (Å²) in [6.07, 6.45) is 0. The number of aromatic amines is 1. The lowest BCUT2D eigenvalue weighted by atomic mass is 10.0. The third kappa shape index (κ3) is 4.45. The van der Waals surface area contributed by atoms with Crippen LogP contribution in [0.2, 0.25) is 0 Å². The number of aromatic nitrogens is 4. The Kier molecular flexibility index (Phi) is 6.36. The molecule has 1 aliphatic heterocycles. The maximum absolute atomic E-state index is 13.1. The average molecular weight is 543 g/mol. The monoisotopic (exact) mass is 542 g/mol. The van der Waals surface area contributed by atoms with Crippen molar-refractivity contribution in [3.05, 3.63) is 72.8 Å². The molecular weight excluding hydrogens is 512 g/mol. The third-order valence-electron chi connectivity index (χ3n) is 7.04. The number of nitrogen functional groups attached to an aromatic ring is 1. The van der Waals surface area contributed by atoms with Crippen LogP contribution >= 0.6 is 0 Å². The molecule has 0 radical (unpaired) electrons. The van der Waals surface area contributed by atoms with Crippen molar-refractivity contribution in [1.82, 2.24) is 18.9 Å². The molecule has 1 aliphatic rings. The highest BCUT2D eigenvalue weighted by Crippen LogP contribution is 2.37.